The van der Waals surface area contributed by atoms with Gasteiger partial charge in [0, 0.05) is 11.8 Å². The number of hydrogen-bond acceptors (Lipinski definition) is 2. The number of carbonyl (C=O) groups excluding carboxylic acids is 2. The van der Waals surface area contributed by atoms with Crippen molar-refractivity contribution in [3.63, 3.8) is 0 Å². The Bertz CT molecular complexity index is 547. The van der Waals surface area contributed by atoms with Crippen molar-refractivity contribution in [2.75, 3.05) is 0 Å². The van der Waals surface area contributed by atoms with Gasteiger partial charge in [-0.3, -0.25) is 9.59 Å². The zero-order valence-corrected chi connectivity index (χ0v) is 14.7. The highest BCUT2D eigenvalue weighted by Crippen LogP contribution is 2.67. The van der Waals surface area contributed by atoms with Gasteiger partial charge in [0.15, 0.2) is 0 Å². The zero-order chi connectivity index (χ0) is 16.0. The van der Waals surface area contributed by atoms with Gasteiger partial charge < -0.3 is 0 Å². The molecule has 0 heterocycles. The van der Waals surface area contributed by atoms with Crippen molar-refractivity contribution in [2.45, 2.75) is 64.2 Å². The van der Waals surface area contributed by atoms with E-state index in [9.17, 15) is 9.59 Å². The lowest BCUT2D eigenvalue weighted by atomic mass is 9.41. The van der Waals surface area contributed by atoms with Crippen molar-refractivity contribution in [1.82, 2.24) is 0 Å². The summed E-state index contributed by atoms with van der Waals surface area (Å²) in [5, 5.41) is 0. The molecule has 6 atom stereocenters. The second kappa shape index (κ2) is 4.95. The minimum atomic E-state index is 0.0383. The SMILES string of the molecule is O=C1C(=O)C2CCC3C4CCCC5CCCC(C6CCC1C2C63)C54. The van der Waals surface area contributed by atoms with Gasteiger partial charge in [0.25, 0.3) is 0 Å². The molecule has 6 fully saturated rings. The van der Waals surface area contributed by atoms with E-state index in [4.69, 9.17) is 0 Å². The van der Waals surface area contributed by atoms with Crippen molar-refractivity contribution in [1.29, 1.82) is 0 Å². The Morgan fingerprint density at radius 1 is 0.500 bits per heavy atom. The summed E-state index contributed by atoms with van der Waals surface area (Å²) in [7, 11) is 0. The number of Topliss-reactive ketones (excluding diaryl/α,β-unsaturated/α-hetero) is 2. The standard InChI is InChI=1S/C22H30O2/c23-21-16-9-7-14-12-5-1-3-11-4-2-6-13(18(11)12)15-8-10-17(22(21)24)20(16)19(14)15/h11-20H,1-10H2. The van der Waals surface area contributed by atoms with E-state index in [1.54, 1.807) is 0 Å². The zero-order valence-electron chi connectivity index (χ0n) is 14.7. The first-order chi connectivity index (χ1) is 11.8. The molecule has 6 saturated carbocycles. The summed E-state index contributed by atoms with van der Waals surface area (Å²) >= 11 is 0. The predicted octanol–water partition coefficient (Wildman–Crippen LogP) is 4.27. The fraction of sp³-hybridized carbons (Fsp3) is 0.909. The molecule has 0 amide bonds. The molecule has 130 valence electrons. The first kappa shape index (κ1) is 14.5. The Labute approximate surface area is 145 Å². The van der Waals surface area contributed by atoms with Crippen LogP contribution in [0.4, 0.5) is 0 Å². The Balaban J connectivity index is 1.44. The van der Waals surface area contributed by atoms with Crippen LogP contribution in [0.5, 0.6) is 0 Å². The van der Waals surface area contributed by atoms with Crippen LogP contribution in [0, 0.1) is 59.2 Å². The lowest BCUT2D eigenvalue weighted by Gasteiger charge is -2.63. The van der Waals surface area contributed by atoms with Gasteiger partial charge in [-0.15, -0.1) is 0 Å². The van der Waals surface area contributed by atoms with Gasteiger partial charge in [-0.05, 0) is 85.9 Å². The molecule has 6 aliphatic carbocycles. The maximum absolute atomic E-state index is 12.5. The normalized spacial score (nSPS) is 58.2. The molecule has 0 radical (unpaired) electrons. The van der Waals surface area contributed by atoms with E-state index < -0.39 is 0 Å². The minimum absolute atomic E-state index is 0.0383. The Kier molecular flexibility index (Phi) is 2.99. The van der Waals surface area contributed by atoms with E-state index in [0.29, 0.717) is 5.92 Å². The van der Waals surface area contributed by atoms with Crippen LogP contribution in [0.2, 0.25) is 0 Å². The molecule has 0 aromatic rings. The van der Waals surface area contributed by atoms with Gasteiger partial charge in [-0.2, -0.15) is 0 Å². The molecule has 0 bridgehead atoms. The molecule has 2 nitrogen and oxygen atoms in total. The summed E-state index contributed by atoms with van der Waals surface area (Å²) in [6.07, 6.45) is 13.4. The number of hydrogen-bond donors (Lipinski definition) is 0. The molecule has 0 spiro atoms. The molecular formula is C22H30O2. The van der Waals surface area contributed by atoms with Gasteiger partial charge in [0.1, 0.15) is 0 Å². The fourth-order valence-corrected chi connectivity index (χ4v) is 9.36. The lowest BCUT2D eigenvalue weighted by molar-refractivity contribution is -0.157. The van der Waals surface area contributed by atoms with Crippen LogP contribution in [0.15, 0.2) is 0 Å². The van der Waals surface area contributed by atoms with Gasteiger partial charge in [0.05, 0.1) is 0 Å². The van der Waals surface area contributed by atoms with Crippen LogP contribution >= 0.6 is 0 Å². The molecule has 0 aromatic carbocycles. The summed E-state index contributed by atoms with van der Waals surface area (Å²) in [5.74, 6) is 7.18. The quantitative estimate of drug-likeness (QED) is 0.623. The van der Waals surface area contributed by atoms with Crippen LogP contribution in [-0.2, 0) is 9.59 Å². The second-order valence-corrected chi connectivity index (χ2v) is 10.1. The fourth-order valence-electron chi connectivity index (χ4n) is 9.36. The maximum Gasteiger partial charge on any atom is 0.202 e. The Morgan fingerprint density at radius 3 is 1.54 bits per heavy atom. The smallest absolute Gasteiger partial charge is 0.202 e. The summed E-state index contributed by atoms with van der Waals surface area (Å²) in [6.45, 7) is 0. The van der Waals surface area contributed by atoms with Gasteiger partial charge >= 0.3 is 0 Å². The highest BCUT2D eigenvalue weighted by Gasteiger charge is 2.64. The van der Waals surface area contributed by atoms with Crippen LogP contribution < -0.4 is 0 Å². The largest absolute Gasteiger partial charge is 0.291 e. The molecule has 24 heavy (non-hydrogen) atoms. The van der Waals surface area contributed by atoms with Crippen molar-refractivity contribution >= 4 is 11.6 Å². The highest BCUT2D eigenvalue weighted by molar-refractivity contribution is 6.41. The van der Waals surface area contributed by atoms with E-state index in [1.807, 2.05) is 0 Å². The topological polar surface area (TPSA) is 34.1 Å². The Hall–Kier alpha value is -0.660. The summed E-state index contributed by atoms with van der Waals surface area (Å²) < 4.78 is 0. The third kappa shape index (κ3) is 1.64. The third-order valence-corrected chi connectivity index (χ3v) is 9.76. The number of rotatable bonds is 0. The highest BCUT2D eigenvalue weighted by atomic mass is 16.2. The average molecular weight is 326 g/mol. The summed E-state index contributed by atoms with van der Waals surface area (Å²) in [5.41, 5.74) is 0. The first-order valence-corrected chi connectivity index (χ1v) is 10.8. The van der Waals surface area contributed by atoms with E-state index in [0.717, 1.165) is 54.3 Å². The van der Waals surface area contributed by atoms with Gasteiger partial charge in [-0.1, -0.05) is 25.7 Å². The molecule has 6 aliphatic rings. The number of carbonyl (C=O) groups is 2. The maximum atomic E-state index is 12.5. The van der Waals surface area contributed by atoms with E-state index in [1.165, 1.54) is 51.4 Å². The molecule has 0 N–H and O–H groups in total. The molecule has 0 aliphatic heterocycles. The van der Waals surface area contributed by atoms with Crippen LogP contribution in [0.1, 0.15) is 64.2 Å². The third-order valence-electron chi connectivity index (χ3n) is 9.76. The predicted molar refractivity (Wildman–Crippen MR) is 91.1 cm³/mol. The summed E-state index contributed by atoms with van der Waals surface area (Å²) in [4.78, 5) is 25.1. The van der Waals surface area contributed by atoms with Crippen molar-refractivity contribution in [3.05, 3.63) is 0 Å². The second-order valence-electron chi connectivity index (χ2n) is 10.1. The van der Waals surface area contributed by atoms with E-state index in [-0.39, 0.29) is 23.4 Å². The molecule has 0 saturated heterocycles. The molecule has 6 rings (SSSR count). The molecule has 2 heteroatoms. The van der Waals surface area contributed by atoms with Crippen molar-refractivity contribution in [3.8, 4) is 0 Å². The van der Waals surface area contributed by atoms with Crippen LogP contribution in [-0.4, -0.2) is 11.6 Å². The number of ketones is 2. The first-order valence-electron chi connectivity index (χ1n) is 10.8. The minimum Gasteiger partial charge on any atom is -0.291 e. The molecular weight excluding hydrogens is 296 g/mol. The van der Waals surface area contributed by atoms with E-state index >= 15 is 0 Å². The molecule has 0 aromatic heterocycles. The van der Waals surface area contributed by atoms with E-state index in [2.05, 4.69) is 0 Å². The summed E-state index contributed by atoms with van der Waals surface area (Å²) in [6, 6.07) is 0. The van der Waals surface area contributed by atoms with Crippen LogP contribution in [0.25, 0.3) is 0 Å². The van der Waals surface area contributed by atoms with Crippen LogP contribution in [0.3, 0.4) is 0 Å². The average Bonchev–Trinajstić information content (AvgIpc) is 2.88. The van der Waals surface area contributed by atoms with Gasteiger partial charge in [-0.25, -0.2) is 0 Å². The number of fused-ring (bicyclic) bond motifs is 2. The van der Waals surface area contributed by atoms with Crippen molar-refractivity contribution in [2.24, 2.45) is 59.2 Å². The van der Waals surface area contributed by atoms with Crippen molar-refractivity contribution < 1.29 is 9.59 Å². The van der Waals surface area contributed by atoms with Gasteiger partial charge in [0.2, 0.25) is 11.6 Å². The lowest BCUT2D eigenvalue weighted by Crippen LogP contribution is -2.58. The molecule has 6 unspecified atom stereocenters. The Morgan fingerprint density at radius 2 is 1.00 bits per heavy atom. The monoisotopic (exact) mass is 326 g/mol.